The van der Waals surface area contributed by atoms with Crippen LogP contribution >= 0.6 is 0 Å². The van der Waals surface area contributed by atoms with Crippen LogP contribution in [0.5, 0.6) is 17.2 Å². The quantitative estimate of drug-likeness (QED) is 0.385. The summed E-state index contributed by atoms with van der Waals surface area (Å²) >= 11 is 0. The molecule has 0 aliphatic carbocycles. The van der Waals surface area contributed by atoms with Gasteiger partial charge in [0.25, 0.3) is 11.7 Å². The molecule has 8 nitrogen and oxygen atoms in total. The lowest BCUT2D eigenvalue weighted by atomic mass is 9.98. The van der Waals surface area contributed by atoms with Crippen molar-refractivity contribution in [3.8, 4) is 17.2 Å². The third-order valence-electron chi connectivity index (χ3n) is 5.39. The van der Waals surface area contributed by atoms with Gasteiger partial charge >= 0.3 is 0 Å². The number of amides is 1. The van der Waals surface area contributed by atoms with E-state index in [1.165, 1.54) is 12.0 Å². The molecule has 0 bridgehead atoms. The molecule has 3 heterocycles. The van der Waals surface area contributed by atoms with Gasteiger partial charge in [0.05, 0.1) is 18.4 Å². The average molecular weight is 430 g/mol. The fourth-order valence-electron chi connectivity index (χ4n) is 3.88. The number of anilines is 1. The van der Waals surface area contributed by atoms with E-state index in [9.17, 15) is 14.7 Å². The van der Waals surface area contributed by atoms with Gasteiger partial charge < -0.3 is 19.3 Å². The third-order valence-corrected chi connectivity index (χ3v) is 5.39. The lowest BCUT2D eigenvalue weighted by Crippen LogP contribution is -2.29. The average Bonchev–Trinajstić information content (AvgIpc) is 3.41. The zero-order chi connectivity index (χ0) is 22.2. The lowest BCUT2D eigenvalue weighted by molar-refractivity contribution is -0.132. The standard InChI is InChI=1S/C24H18N2O6/c1-30-16-6-4-5-15(12-16)26-21(17-7-2-3-10-25-17)20(23(28)24(26)29)22(27)14-8-9-18-19(11-14)32-13-31-18/h2-12,21,27H,13H2,1H3/b22-20-. The number of carbonyl (C=O) groups is 2. The molecule has 1 unspecified atom stereocenters. The summed E-state index contributed by atoms with van der Waals surface area (Å²) in [5, 5.41) is 11.2. The Morgan fingerprint density at radius 3 is 2.69 bits per heavy atom. The Bertz CT molecular complexity index is 1250. The number of ether oxygens (including phenoxy) is 3. The summed E-state index contributed by atoms with van der Waals surface area (Å²) in [4.78, 5) is 32.0. The van der Waals surface area contributed by atoms with E-state index < -0.39 is 17.7 Å². The van der Waals surface area contributed by atoms with Crippen LogP contribution in [0.4, 0.5) is 5.69 Å². The molecule has 0 spiro atoms. The fourth-order valence-corrected chi connectivity index (χ4v) is 3.88. The number of aliphatic hydroxyl groups excluding tert-OH is 1. The van der Waals surface area contributed by atoms with Crippen molar-refractivity contribution in [1.29, 1.82) is 0 Å². The second-order valence-corrected chi connectivity index (χ2v) is 7.19. The van der Waals surface area contributed by atoms with Gasteiger partial charge in [-0.25, -0.2) is 0 Å². The number of nitrogens with zero attached hydrogens (tertiary/aromatic N) is 2. The maximum absolute atomic E-state index is 13.2. The molecule has 1 aromatic heterocycles. The molecule has 2 aliphatic rings. The third kappa shape index (κ3) is 3.13. The van der Waals surface area contributed by atoms with Gasteiger partial charge in [0, 0.05) is 23.5 Å². The number of hydrogen-bond acceptors (Lipinski definition) is 7. The molecule has 32 heavy (non-hydrogen) atoms. The Hall–Kier alpha value is -4.33. The first kappa shape index (κ1) is 19.6. The minimum Gasteiger partial charge on any atom is -0.507 e. The highest BCUT2D eigenvalue weighted by Crippen LogP contribution is 2.43. The van der Waals surface area contributed by atoms with Crippen LogP contribution in [-0.2, 0) is 9.59 Å². The molecule has 8 heteroatoms. The van der Waals surface area contributed by atoms with Gasteiger partial charge in [-0.2, -0.15) is 0 Å². The summed E-state index contributed by atoms with van der Waals surface area (Å²) in [5.41, 5.74) is 1.16. The van der Waals surface area contributed by atoms with Crippen LogP contribution in [0.25, 0.3) is 5.76 Å². The van der Waals surface area contributed by atoms with Crippen molar-refractivity contribution in [3.05, 3.63) is 83.7 Å². The SMILES string of the molecule is COc1cccc(N2C(=O)C(=O)/C(=C(\O)c3ccc4c(c3)OCO4)C2c2ccccn2)c1. The molecule has 1 atom stereocenters. The smallest absolute Gasteiger partial charge is 0.300 e. The lowest BCUT2D eigenvalue weighted by Gasteiger charge is -2.24. The number of aliphatic hydroxyl groups is 1. The van der Waals surface area contributed by atoms with Crippen molar-refractivity contribution < 1.29 is 28.9 Å². The van der Waals surface area contributed by atoms with E-state index in [1.807, 2.05) is 0 Å². The fraction of sp³-hybridized carbons (Fsp3) is 0.125. The van der Waals surface area contributed by atoms with Crippen LogP contribution in [0.2, 0.25) is 0 Å². The first-order valence-electron chi connectivity index (χ1n) is 9.84. The summed E-state index contributed by atoms with van der Waals surface area (Å²) in [7, 11) is 1.52. The van der Waals surface area contributed by atoms with Gasteiger partial charge in [0.15, 0.2) is 11.5 Å². The second kappa shape index (κ2) is 7.73. The molecule has 5 rings (SSSR count). The number of carbonyl (C=O) groups excluding carboxylic acids is 2. The van der Waals surface area contributed by atoms with Crippen molar-refractivity contribution >= 4 is 23.1 Å². The van der Waals surface area contributed by atoms with Crippen LogP contribution in [0.15, 0.2) is 72.4 Å². The molecular weight excluding hydrogens is 412 g/mol. The maximum Gasteiger partial charge on any atom is 0.300 e. The monoisotopic (exact) mass is 430 g/mol. The van der Waals surface area contributed by atoms with Gasteiger partial charge in [-0.3, -0.25) is 19.5 Å². The molecule has 160 valence electrons. The predicted molar refractivity (Wildman–Crippen MR) is 115 cm³/mol. The largest absolute Gasteiger partial charge is 0.507 e. The first-order chi connectivity index (χ1) is 15.6. The number of benzene rings is 2. The van der Waals surface area contributed by atoms with Crippen LogP contribution in [0, 0.1) is 0 Å². The maximum atomic E-state index is 13.2. The van der Waals surface area contributed by atoms with Crippen molar-refractivity contribution in [2.45, 2.75) is 6.04 Å². The van der Waals surface area contributed by atoms with E-state index in [1.54, 1.807) is 66.9 Å². The van der Waals surface area contributed by atoms with Crippen LogP contribution in [0.3, 0.4) is 0 Å². The number of Topliss-reactive ketones (excluding diaryl/α,β-unsaturated/α-hetero) is 1. The van der Waals surface area contributed by atoms with Crippen LogP contribution in [0.1, 0.15) is 17.3 Å². The van der Waals surface area contributed by atoms with Crippen molar-refractivity contribution in [1.82, 2.24) is 4.98 Å². The molecule has 0 radical (unpaired) electrons. The Labute approximate surface area is 183 Å². The first-order valence-corrected chi connectivity index (χ1v) is 9.84. The molecule has 1 N–H and O–H groups in total. The number of ketones is 1. The predicted octanol–water partition coefficient (Wildman–Crippen LogP) is 3.45. The van der Waals surface area contributed by atoms with Crippen molar-refractivity contribution in [2.75, 3.05) is 18.8 Å². The number of pyridine rings is 1. The molecule has 3 aromatic rings. The van der Waals surface area contributed by atoms with Crippen molar-refractivity contribution in [3.63, 3.8) is 0 Å². The summed E-state index contributed by atoms with van der Waals surface area (Å²) in [6, 6.07) is 15.9. The number of fused-ring (bicyclic) bond motifs is 1. The van der Waals surface area contributed by atoms with Gasteiger partial charge in [0.1, 0.15) is 17.6 Å². The Balaban J connectivity index is 1.69. The summed E-state index contributed by atoms with van der Waals surface area (Å²) in [6.45, 7) is 0.0771. The molecule has 2 aliphatic heterocycles. The number of rotatable bonds is 4. The van der Waals surface area contributed by atoms with Crippen molar-refractivity contribution in [2.24, 2.45) is 0 Å². The van der Waals surface area contributed by atoms with Gasteiger partial charge in [-0.1, -0.05) is 12.1 Å². The molecule has 1 fully saturated rings. The molecule has 1 amide bonds. The van der Waals surface area contributed by atoms with E-state index in [-0.39, 0.29) is 18.1 Å². The van der Waals surface area contributed by atoms with E-state index in [2.05, 4.69) is 4.98 Å². The normalized spacial score (nSPS) is 18.8. The zero-order valence-electron chi connectivity index (χ0n) is 17.0. The van der Waals surface area contributed by atoms with E-state index >= 15 is 0 Å². The zero-order valence-corrected chi connectivity index (χ0v) is 17.0. The molecular formula is C24H18N2O6. The topological polar surface area (TPSA) is 98.2 Å². The highest BCUT2D eigenvalue weighted by molar-refractivity contribution is 6.51. The van der Waals surface area contributed by atoms with E-state index in [4.69, 9.17) is 14.2 Å². The molecule has 1 saturated heterocycles. The minimum absolute atomic E-state index is 0.0598. The van der Waals surface area contributed by atoms with Gasteiger partial charge in [-0.05, 0) is 42.5 Å². The number of methoxy groups -OCH3 is 1. The van der Waals surface area contributed by atoms with E-state index in [0.29, 0.717) is 34.2 Å². The Morgan fingerprint density at radius 1 is 1.06 bits per heavy atom. The molecule has 2 aromatic carbocycles. The highest BCUT2D eigenvalue weighted by Gasteiger charge is 2.47. The van der Waals surface area contributed by atoms with Crippen LogP contribution in [-0.4, -0.2) is 35.7 Å². The Kier molecular flexibility index (Phi) is 4.74. The van der Waals surface area contributed by atoms with Gasteiger partial charge in [0.2, 0.25) is 6.79 Å². The highest BCUT2D eigenvalue weighted by atomic mass is 16.7. The van der Waals surface area contributed by atoms with E-state index in [0.717, 1.165) is 0 Å². The summed E-state index contributed by atoms with van der Waals surface area (Å²) in [5.74, 6) is -0.373. The molecule has 0 saturated carbocycles. The summed E-state index contributed by atoms with van der Waals surface area (Å²) < 4.78 is 16.0. The Morgan fingerprint density at radius 2 is 1.91 bits per heavy atom. The number of aromatic nitrogens is 1. The summed E-state index contributed by atoms with van der Waals surface area (Å²) in [6.07, 6.45) is 1.57. The number of hydrogen-bond donors (Lipinski definition) is 1. The minimum atomic E-state index is -0.922. The van der Waals surface area contributed by atoms with Gasteiger partial charge in [-0.15, -0.1) is 0 Å². The van der Waals surface area contributed by atoms with Crippen LogP contribution < -0.4 is 19.1 Å². The second-order valence-electron chi connectivity index (χ2n) is 7.19.